The lowest BCUT2D eigenvalue weighted by Crippen LogP contribution is -2.49. The van der Waals surface area contributed by atoms with Gasteiger partial charge in [-0.3, -0.25) is 4.79 Å². The van der Waals surface area contributed by atoms with Crippen molar-refractivity contribution in [2.45, 2.75) is 20.3 Å². The topological polar surface area (TPSA) is 74.0 Å². The summed E-state index contributed by atoms with van der Waals surface area (Å²) in [4.78, 5) is 29.4. The average molecular weight is 392 g/mol. The Morgan fingerprint density at radius 1 is 1.07 bits per heavy atom. The number of rotatable bonds is 3. The number of phenolic OH excluding ortho intramolecular Hbond substituents is 1. The predicted octanol–water partition coefficient (Wildman–Crippen LogP) is 3.01. The molecule has 1 aliphatic heterocycles. The SMILES string of the molecule is Cc1cc(O)c2c(C)c(CC(=O)N3CCN(c4ccccc4)CC3)c(=O)oc2c1. The van der Waals surface area contributed by atoms with Crippen LogP contribution in [0.1, 0.15) is 16.7 Å². The van der Waals surface area contributed by atoms with Gasteiger partial charge < -0.3 is 19.3 Å². The summed E-state index contributed by atoms with van der Waals surface area (Å²) in [6, 6.07) is 13.5. The van der Waals surface area contributed by atoms with Crippen LogP contribution in [-0.2, 0) is 11.2 Å². The standard InChI is InChI=1S/C23H24N2O4/c1-15-12-19(26)22-16(2)18(23(28)29-20(22)13-15)14-21(27)25-10-8-24(9-11-25)17-6-4-3-5-7-17/h3-7,12-13,26H,8-11,14H2,1-2H3. The van der Waals surface area contributed by atoms with Gasteiger partial charge in [0, 0.05) is 31.9 Å². The molecule has 0 spiro atoms. The molecule has 1 amide bonds. The fourth-order valence-corrected chi connectivity index (χ4v) is 3.98. The summed E-state index contributed by atoms with van der Waals surface area (Å²) in [7, 11) is 0. The first-order chi connectivity index (χ1) is 13.9. The second-order valence-electron chi connectivity index (χ2n) is 7.53. The third-order valence-electron chi connectivity index (χ3n) is 5.58. The number of para-hydroxylation sites is 1. The third-order valence-corrected chi connectivity index (χ3v) is 5.58. The van der Waals surface area contributed by atoms with Gasteiger partial charge in [0.15, 0.2) is 0 Å². The molecule has 0 saturated carbocycles. The molecule has 1 aromatic heterocycles. The lowest BCUT2D eigenvalue weighted by molar-refractivity contribution is -0.130. The van der Waals surface area contributed by atoms with Gasteiger partial charge in [0.25, 0.3) is 0 Å². The summed E-state index contributed by atoms with van der Waals surface area (Å²) in [5.74, 6) is -0.0366. The van der Waals surface area contributed by atoms with Crippen LogP contribution in [0.4, 0.5) is 5.69 Å². The molecular weight excluding hydrogens is 368 g/mol. The molecule has 0 bridgehead atoms. The maximum atomic E-state index is 12.9. The second-order valence-corrected chi connectivity index (χ2v) is 7.53. The van der Waals surface area contributed by atoms with Gasteiger partial charge in [0.2, 0.25) is 5.91 Å². The highest BCUT2D eigenvalue weighted by Gasteiger charge is 2.24. The van der Waals surface area contributed by atoms with E-state index in [-0.39, 0.29) is 18.1 Å². The fourth-order valence-electron chi connectivity index (χ4n) is 3.98. The van der Waals surface area contributed by atoms with E-state index in [1.807, 2.05) is 25.1 Å². The normalized spacial score (nSPS) is 14.4. The number of benzene rings is 2. The van der Waals surface area contributed by atoms with Gasteiger partial charge in [-0.05, 0) is 49.2 Å². The number of anilines is 1. The molecule has 150 valence electrons. The molecule has 1 saturated heterocycles. The number of carbonyl (C=O) groups is 1. The number of carbonyl (C=O) groups excluding carboxylic acids is 1. The number of hydrogen-bond acceptors (Lipinski definition) is 5. The lowest BCUT2D eigenvalue weighted by atomic mass is 10.0. The van der Waals surface area contributed by atoms with Crippen LogP contribution in [0.2, 0.25) is 0 Å². The van der Waals surface area contributed by atoms with Crippen molar-refractivity contribution in [3.63, 3.8) is 0 Å². The minimum Gasteiger partial charge on any atom is -0.507 e. The van der Waals surface area contributed by atoms with Gasteiger partial charge >= 0.3 is 5.63 Å². The van der Waals surface area contributed by atoms with Gasteiger partial charge in [-0.15, -0.1) is 0 Å². The van der Waals surface area contributed by atoms with Crippen LogP contribution in [0.5, 0.6) is 5.75 Å². The molecule has 1 N–H and O–H groups in total. The smallest absolute Gasteiger partial charge is 0.340 e. The lowest BCUT2D eigenvalue weighted by Gasteiger charge is -2.36. The van der Waals surface area contributed by atoms with Crippen molar-refractivity contribution in [1.82, 2.24) is 4.90 Å². The van der Waals surface area contributed by atoms with E-state index in [4.69, 9.17) is 4.42 Å². The van der Waals surface area contributed by atoms with Crippen molar-refractivity contribution >= 4 is 22.6 Å². The average Bonchev–Trinajstić information content (AvgIpc) is 2.71. The van der Waals surface area contributed by atoms with Crippen molar-refractivity contribution in [3.8, 4) is 5.75 Å². The van der Waals surface area contributed by atoms with Gasteiger partial charge in [0.1, 0.15) is 11.3 Å². The zero-order valence-corrected chi connectivity index (χ0v) is 16.6. The third kappa shape index (κ3) is 3.70. The van der Waals surface area contributed by atoms with E-state index in [1.165, 1.54) is 0 Å². The number of fused-ring (bicyclic) bond motifs is 1. The van der Waals surface area contributed by atoms with Gasteiger partial charge in [-0.25, -0.2) is 4.79 Å². The minimum absolute atomic E-state index is 0.0250. The first-order valence-electron chi connectivity index (χ1n) is 9.77. The van der Waals surface area contributed by atoms with E-state index in [0.29, 0.717) is 35.2 Å². The summed E-state index contributed by atoms with van der Waals surface area (Å²) in [6.45, 7) is 6.29. The van der Waals surface area contributed by atoms with Crippen molar-refractivity contribution in [2.24, 2.45) is 0 Å². The fraction of sp³-hybridized carbons (Fsp3) is 0.304. The Morgan fingerprint density at radius 2 is 1.76 bits per heavy atom. The van der Waals surface area contributed by atoms with Crippen molar-refractivity contribution in [1.29, 1.82) is 0 Å². The van der Waals surface area contributed by atoms with Crippen molar-refractivity contribution in [3.05, 3.63) is 69.6 Å². The molecule has 3 aromatic rings. The number of aromatic hydroxyl groups is 1. The highest BCUT2D eigenvalue weighted by atomic mass is 16.4. The molecule has 1 fully saturated rings. The quantitative estimate of drug-likeness (QED) is 0.694. The number of phenols is 1. The van der Waals surface area contributed by atoms with E-state index in [9.17, 15) is 14.7 Å². The summed E-state index contributed by atoms with van der Waals surface area (Å²) >= 11 is 0. The molecule has 4 rings (SSSR count). The maximum absolute atomic E-state index is 12.9. The molecule has 0 aliphatic carbocycles. The molecule has 0 atom stereocenters. The molecule has 6 heteroatoms. The van der Waals surface area contributed by atoms with Crippen molar-refractivity contribution in [2.75, 3.05) is 31.1 Å². The number of piperazine rings is 1. The molecule has 0 radical (unpaired) electrons. The van der Waals surface area contributed by atoms with Crippen LogP contribution in [0.25, 0.3) is 11.0 Å². The summed E-state index contributed by atoms with van der Waals surface area (Å²) in [5, 5.41) is 10.8. The van der Waals surface area contributed by atoms with Gasteiger partial charge in [-0.1, -0.05) is 18.2 Å². The van der Waals surface area contributed by atoms with Crippen LogP contribution < -0.4 is 10.5 Å². The molecule has 1 aliphatic rings. The largest absolute Gasteiger partial charge is 0.507 e. The predicted molar refractivity (Wildman–Crippen MR) is 113 cm³/mol. The highest BCUT2D eigenvalue weighted by molar-refractivity contribution is 5.89. The molecule has 2 heterocycles. The minimum atomic E-state index is -0.517. The van der Waals surface area contributed by atoms with Crippen LogP contribution >= 0.6 is 0 Å². The zero-order valence-electron chi connectivity index (χ0n) is 16.6. The van der Waals surface area contributed by atoms with E-state index in [1.54, 1.807) is 24.0 Å². The Balaban J connectivity index is 1.52. The zero-order chi connectivity index (χ0) is 20.5. The maximum Gasteiger partial charge on any atom is 0.340 e. The Labute approximate surface area is 169 Å². The summed E-state index contributed by atoms with van der Waals surface area (Å²) in [5.41, 5.74) is 2.69. The molecular formula is C23H24N2O4. The van der Waals surface area contributed by atoms with Gasteiger partial charge in [0.05, 0.1) is 17.4 Å². The Morgan fingerprint density at radius 3 is 2.45 bits per heavy atom. The first kappa shape index (κ1) is 19.1. The summed E-state index contributed by atoms with van der Waals surface area (Å²) < 4.78 is 5.40. The van der Waals surface area contributed by atoms with Crippen LogP contribution in [0.15, 0.2) is 51.7 Å². The molecule has 0 unspecified atom stereocenters. The number of aryl methyl sites for hydroxylation is 2. The Kier molecular flexibility index (Phi) is 5.01. The number of hydrogen-bond donors (Lipinski definition) is 1. The molecule has 6 nitrogen and oxygen atoms in total. The Hall–Kier alpha value is -3.28. The van der Waals surface area contributed by atoms with E-state index in [0.717, 1.165) is 24.3 Å². The van der Waals surface area contributed by atoms with Crippen LogP contribution in [0.3, 0.4) is 0 Å². The number of nitrogens with zero attached hydrogens (tertiary/aromatic N) is 2. The Bertz CT molecular complexity index is 1110. The van der Waals surface area contributed by atoms with Gasteiger partial charge in [-0.2, -0.15) is 0 Å². The molecule has 2 aromatic carbocycles. The van der Waals surface area contributed by atoms with E-state index < -0.39 is 5.63 Å². The van der Waals surface area contributed by atoms with Crippen molar-refractivity contribution < 1.29 is 14.3 Å². The first-order valence-corrected chi connectivity index (χ1v) is 9.77. The van der Waals surface area contributed by atoms with E-state index >= 15 is 0 Å². The second kappa shape index (κ2) is 7.62. The van der Waals surface area contributed by atoms with E-state index in [2.05, 4.69) is 17.0 Å². The van der Waals surface area contributed by atoms with Crippen LogP contribution in [-0.4, -0.2) is 42.1 Å². The highest BCUT2D eigenvalue weighted by Crippen LogP contribution is 2.30. The number of amides is 1. The molecule has 29 heavy (non-hydrogen) atoms. The summed E-state index contributed by atoms with van der Waals surface area (Å²) in [6.07, 6.45) is -0.0250. The monoisotopic (exact) mass is 392 g/mol. The van der Waals surface area contributed by atoms with Crippen LogP contribution in [0, 0.1) is 13.8 Å².